The fourth-order valence-corrected chi connectivity index (χ4v) is 4.98. The SMILES string of the molecule is Cc1cccc(C(C(=O)NC2CCCCC2)N(C(=O)C(CC(C)C)NC(=O)OC(C)(C)C)C(C)(C)C)c1O. The summed E-state index contributed by atoms with van der Waals surface area (Å²) in [6.07, 6.45) is 4.69. The minimum atomic E-state index is -1.08. The molecule has 0 spiro atoms. The number of phenolic OH excluding ortho intramolecular Hbond substituents is 1. The molecule has 2 atom stereocenters. The topological polar surface area (TPSA) is 108 Å². The number of rotatable bonds is 8. The molecule has 1 aliphatic carbocycles. The molecule has 0 aliphatic heterocycles. The highest BCUT2D eigenvalue weighted by atomic mass is 16.6. The lowest BCUT2D eigenvalue weighted by atomic mass is 9.91. The van der Waals surface area contributed by atoms with Gasteiger partial charge >= 0.3 is 6.09 Å². The number of nitrogens with zero attached hydrogens (tertiary/aromatic N) is 1. The molecule has 0 aromatic heterocycles. The Morgan fingerprint density at radius 3 is 2.18 bits per heavy atom. The average Bonchev–Trinajstić information content (AvgIpc) is 2.77. The normalized spacial score (nSPS) is 16.5. The number of hydrogen-bond acceptors (Lipinski definition) is 5. The molecule has 0 saturated heterocycles. The first-order valence-corrected chi connectivity index (χ1v) is 13.9. The van der Waals surface area contributed by atoms with Gasteiger partial charge in [0.1, 0.15) is 23.4 Å². The van der Waals surface area contributed by atoms with Crippen molar-refractivity contribution in [3.8, 4) is 5.75 Å². The maximum atomic E-state index is 14.3. The van der Waals surface area contributed by atoms with Crippen LogP contribution in [0.4, 0.5) is 4.79 Å². The molecule has 38 heavy (non-hydrogen) atoms. The summed E-state index contributed by atoms with van der Waals surface area (Å²) in [6.45, 7) is 16.6. The van der Waals surface area contributed by atoms with E-state index in [-0.39, 0.29) is 23.6 Å². The number of amides is 3. The summed E-state index contributed by atoms with van der Waals surface area (Å²) in [5.41, 5.74) is -0.561. The molecule has 8 nitrogen and oxygen atoms in total. The Labute approximate surface area is 228 Å². The largest absolute Gasteiger partial charge is 0.507 e. The lowest BCUT2D eigenvalue weighted by Gasteiger charge is -2.44. The third-order valence-electron chi connectivity index (χ3n) is 6.68. The van der Waals surface area contributed by atoms with Gasteiger partial charge in [0, 0.05) is 17.1 Å². The summed E-state index contributed by atoms with van der Waals surface area (Å²) in [7, 11) is 0. The van der Waals surface area contributed by atoms with Gasteiger partial charge in [0.25, 0.3) is 0 Å². The zero-order valence-electron chi connectivity index (χ0n) is 24.8. The van der Waals surface area contributed by atoms with E-state index in [2.05, 4.69) is 10.6 Å². The van der Waals surface area contributed by atoms with Crippen LogP contribution >= 0.6 is 0 Å². The summed E-state index contributed by atoms with van der Waals surface area (Å²) in [5, 5.41) is 17.0. The Bertz CT molecular complexity index is 971. The number of ether oxygens (including phenoxy) is 1. The molecule has 1 aromatic carbocycles. The van der Waals surface area contributed by atoms with E-state index in [1.807, 2.05) is 34.6 Å². The van der Waals surface area contributed by atoms with Crippen LogP contribution in [-0.4, -0.2) is 51.1 Å². The zero-order valence-corrected chi connectivity index (χ0v) is 24.8. The van der Waals surface area contributed by atoms with Crippen molar-refractivity contribution >= 4 is 17.9 Å². The first-order chi connectivity index (χ1) is 17.5. The van der Waals surface area contributed by atoms with Crippen LogP contribution in [0, 0.1) is 12.8 Å². The highest BCUT2D eigenvalue weighted by Crippen LogP contribution is 2.36. The number of alkyl carbamates (subject to hydrolysis) is 1. The van der Waals surface area contributed by atoms with Crippen LogP contribution in [0.3, 0.4) is 0 Å². The van der Waals surface area contributed by atoms with Gasteiger partial charge in [0.05, 0.1) is 0 Å². The Kier molecular flexibility index (Phi) is 10.6. The van der Waals surface area contributed by atoms with Gasteiger partial charge in [-0.3, -0.25) is 9.59 Å². The smallest absolute Gasteiger partial charge is 0.408 e. The summed E-state index contributed by atoms with van der Waals surface area (Å²) in [6, 6.07) is 3.26. The van der Waals surface area contributed by atoms with Crippen molar-refractivity contribution < 1.29 is 24.2 Å². The summed E-state index contributed by atoms with van der Waals surface area (Å²) >= 11 is 0. The van der Waals surface area contributed by atoms with Gasteiger partial charge in [-0.15, -0.1) is 0 Å². The van der Waals surface area contributed by atoms with Crippen molar-refractivity contribution in [2.45, 2.75) is 130 Å². The third-order valence-corrected chi connectivity index (χ3v) is 6.68. The lowest BCUT2D eigenvalue weighted by molar-refractivity contribution is -0.149. The molecule has 0 radical (unpaired) electrons. The molecular weight excluding hydrogens is 482 g/mol. The number of benzene rings is 1. The van der Waals surface area contributed by atoms with Gasteiger partial charge < -0.3 is 25.4 Å². The average molecular weight is 532 g/mol. The Morgan fingerprint density at radius 2 is 1.66 bits per heavy atom. The predicted molar refractivity (Wildman–Crippen MR) is 150 cm³/mol. The van der Waals surface area contributed by atoms with Crippen molar-refractivity contribution in [2.24, 2.45) is 5.92 Å². The van der Waals surface area contributed by atoms with Crippen molar-refractivity contribution in [1.29, 1.82) is 0 Å². The summed E-state index contributed by atoms with van der Waals surface area (Å²) < 4.78 is 5.45. The van der Waals surface area contributed by atoms with Crippen molar-refractivity contribution in [3.63, 3.8) is 0 Å². The number of phenols is 1. The van der Waals surface area contributed by atoms with E-state index in [0.717, 1.165) is 32.1 Å². The van der Waals surface area contributed by atoms with E-state index in [1.165, 1.54) is 4.90 Å². The number of carbonyl (C=O) groups excluding carboxylic acids is 3. The first-order valence-electron chi connectivity index (χ1n) is 13.9. The Hall–Kier alpha value is -2.77. The van der Waals surface area contributed by atoms with E-state index in [9.17, 15) is 19.5 Å². The van der Waals surface area contributed by atoms with Gasteiger partial charge in [-0.25, -0.2) is 4.79 Å². The molecular formula is C30H49N3O5. The number of aromatic hydroxyl groups is 1. The van der Waals surface area contributed by atoms with Crippen molar-refractivity contribution in [2.75, 3.05) is 0 Å². The summed E-state index contributed by atoms with van der Waals surface area (Å²) in [4.78, 5) is 42.6. The molecule has 1 fully saturated rings. The molecule has 1 saturated carbocycles. The van der Waals surface area contributed by atoms with Gasteiger partial charge in [-0.2, -0.15) is 0 Å². The zero-order chi connectivity index (χ0) is 28.8. The highest BCUT2D eigenvalue weighted by Gasteiger charge is 2.43. The second-order valence-electron chi connectivity index (χ2n) is 13.0. The molecule has 0 bridgehead atoms. The second kappa shape index (κ2) is 12.9. The van der Waals surface area contributed by atoms with Crippen molar-refractivity contribution in [1.82, 2.24) is 15.5 Å². The molecule has 2 rings (SSSR count). The molecule has 0 heterocycles. The monoisotopic (exact) mass is 531 g/mol. The standard InChI is InChI=1S/C30H49N3O5/c1-19(2)18-23(32-28(37)38-30(7,8)9)27(36)33(29(4,5)6)24(22-17-13-14-20(3)25(22)34)26(35)31-21-15-11-10-12-16-21/h13-14,17,19,21,23-24,34H,10-12,15-16,18H2,1-9H3,(H,31,35)(H,32,37). The lowest BCUT2D eigenvalue weighted by Crippen LogP contribution is -2.59. The number of carbonyl (C=O) groups is 3. The van der Waals surface area contributed by atoms with E-state index in [1.54, 1.807) is 45.9 Å². The fraction of sp³-hybridized carbons (Fsp3) is 0.700. The number of para-hydroxylation sites is 1. The minimum Gasteiger partial charge on any atom is -0.507 e. The van der Waals surface area contributed by atoms with E-state index in [0.29, 0.717) is 17.5 Å². The van der Waals surface area contributed by atoms with Gasteiger partial charge in [0.15, 0.2) is 0 Å². The maximum Gasteiger partial charge on any atom is 0.408 e. The molecule has 214 valence electrons. The van der Waals surface area contributed by atoms with Crippen LogP contribution in [0.25, 0.3) is 0 Å². The fourth-order valence-electron chi connectivity index (χ4n) is 4.98. The Morgan fingerprint density at radius 1 is 1.05 bits per heavy atom. The molecule has 1 aliphatic rings. The van der Waals surface area contributed by atoms with Gasteiger partial charge in [-0.05, 0) is 79.2 Å². The first kappa shape index (κ1) is 31.4. The van der Waals surface area contributed by atoms with Crippen LogP contribution in [0.15, 0.2) is 18.2 Å². The van der Waals surface area contributed by atoms with Crippen LogP contribution in [0.5, 0.6) is 5.75 Å². The van der Waals surface area contributed by atoms with Crippen LogP contribution < -0.4 is 10.6 Å². The van der Waals surface area contributed by atoms with Crippen LogP contribution in [0.2, 0.25) is 0 Å². The third kappa shape index (κ3) is 8.91. The minimum absolute atomic E-state index is 0.0149. The van der Waals surface area contributed by atoms with Crippen molar-refractivity contribution in [3.05, 3.63) is 29.3 Å². The van der Waals surface area contributed by atoms with Crippen LogP contribution in [0.1, 0.15) is 111 Å². The van der Waals surface area contributed by atoms with Gasteiger partial charge in [0.2, 0.25) is 11.8 Å². The Balaban J connectivity index is 2.57. The number of aryl methyl sites for hydroxylation is 1. The van der Waals surface area contributed by atoms with E-state index in [4.69, 9.17) is 4.74 Å². The quantitative estimate of drug-likeness (QED) is 0.395. The predicted octanol–water partition coefficient (Wildman–Crippen LogP) is 5.76. The highest BCUT2D eigenvalue weighted by molar-refractivity contribution is 5.93. The van der Waals surface area contributed by atoms with E-state index < -0.39 is 35.2 Å². The second-order valence-corrected chi connectivity index (χ2v) is 13.0. The van der Waals surface area contributed by atoms with Crippen LogP contribution in [-0.2, 0) is 14.3 Å². The maximum absolute atomic E-state index is 14.3. The number of hydrogen-bond donors (Lipinski definition) is 3. The molecule has 8 heteroatoms. The summed E-state index contributed by atoms with van der Waals surface area (Å²) in [5.74, 6) is -0.662. The number of nitrogens with one attached hydrogen (secondary N) is 2. The molecule has 3 amide bonds. The molecule has 3 N–H and O–H groups in total. The molecule has 1 aromatic rings. The molecule has 2 unspecified atom stereocenters. The van der Waals surface area contributed by atoms with E-state index >= 15 is 0 Å². The van der Waals surface area contributed by atoms with Gasteiger partial charge in [-0.1, -0.05) is 51.3 Å².